The number of rotatable bonds is 2. The summed E-state index contributed by atoms with van der Waals surface area (Å²) >= 11 is 0. The molecule has 0 aromatic rings. The molecule has 60 valence electrons. The average molecular weight is 157 g/mol. The highest BCUT2D eigenvalue weighted by molar-refractivity contribution is 7.26. The van der Waals surface area contributed by atoms with Crippen LogP contribution in [0.1, 0.15) is 0 Å². The van der Waals surface area contributed by atoms with Crippen LogP contribution in [0.15, 0.2) is 23.1 Å². The number of allylic oxidation sites excluding steroid dienone is 2. The SMILES string of the molecule is BBBC1=CC(N)C(N)C=C1B. The molecule has 0 amide bonds. The van der Waals surface area contributed by atoms with Crippen LogP contribution in [-0.4, -0.2) is 41.9 Å². The molecule has 1 rings (SSSR count). The fraction of sp³-hybridized carbons (Fsp3) is 0.333. The van der Waals surface area contributed by atoms with Crippen LogP contribution in [0.5, 0.6) is 0 Å². The molecule has 1 aliphatic rings. The number of hydrogen-bond donors (Lipinski definition) is 2. The molecule has 4 N–H and O–H groups in total. The van der Waals surface area contributed by atoms with Gasteiger partial charge in [0.1, 0.15) is 15.0 Å². The second-order valence-corrected chi connectivity index (χ2v) is 3.45. The van der Waals surface area contributed by atoms with Gasteiger partial charge in [-0.3, -0.25) is 0 Å². The van der Waals surface area contributed by atoms with E-state index in [0.717, 1.165) is 7.17 Å². The molecule has 1 aliphatic carbocycles. The van der Waals surface area contributed by atoms with E-state index in [0.29, 0.717) is 0 Å². The fourth-order valence-electron chi connectivity index (χ4n) is 1.53. The van der Waals surface area contributed by atoms with E-state index in [1.165, 1.54) is 18.0 Å². The lowest BCUT2D eigenvalue weighted by atomic mass is 9.24. The van der Waals surface area contributed by atoms with Gasteiger partial charge in [0.25, 0.3) is 0 Å². The van der Waals surface area contributed by atoms with Crippen LogP contribution in [0.2, 0.25) is 0 Å². The van der Waals surface area contributed by atoms with E-state index in [2.05, 4.69) is 27.7 Å². The number of hydrogen-bond acceptors (Lipinski definition) is 2. The van der Waals surface area contributed by atoms with Crippen molar-refractivity contribution in [3.63, 3.8) is 0 Å². The fourth-order valence-corrected chi connectivity index (χ4v) is 1.53. The Morgan fingerprint density at radius 2 is 1.83 bits per heavy atom. The Labute approximate surface area is 77.1 Å². The minimum absolute atomic E-state index is 0.00519. The first-order valence-corrected chi connectivity index (χ1v) is 4.55. The third kappa shape index (κ3) is 2.08. The van der Waals surface area contributed by atoms with Crippen molar-refractivity contribution in [2.75, 3.05) is 0 Å². The van der Waals surface area contributed by atoms with Crippen molar-refractivity contribution in [1.82, 2.24) is 0 Å². The molecular formula is C6H14B4N2. The van der Waals surface area contributed by atoms with Gasteiger partial charge in [0.05, 0.1) is 14.8 Å². The van der Waals surface area contributed by atoms with Gasteiger partial charge in [0, 0.05) is 12.1 Å². The van der Waals surface area contributed by atoms with Crippen LogP contribution < -0.4 is 11.5 Å². The summed E-state index contributed by atoms with van der Waals surface area (Å²) in [4.78, 5) is 0. The third-order valence-corrected chi connectivity index (χ3v) is 2.31. The van der Waals surface area contributed by atoms with Gasteiger partial charge < -0.3 is 11.5 Å². The maximum Gasteiger partial charge on any atom is 0.138 e. The van der Waals surface area contributed by atoms with Gasteiger partial charge in [-0.1, -0.05) is 17.6 Å². The monoisotopic (exact) mass is 158 g/mol. The van der Waals surface area contributed by atoms with Gasteiger partial charge in [-0.25, -0.2) is 0 Å². The number of nitrogens with two attached hydrogens (primary N) is 2. The molecule has 12 heavy (non-hydrogen) atoms. The molecule has 0 aromatic carbocycles. The Bertz CT molecular complexity index is 226. The van der Waals surface area contributed by atoms with Crippen LogP contribution in [-0.2, 0) is 0 Å². The maximum absolute atomic E-state index is 5.82. The standard InChI is InChI=1S/C6H14B4N2/c7-3-1-5(11)6(12)2-4(3)9-10-8/h1-2,5-6,9-10H,7-8,11-12H2. The molecule has 2 atom stereocenters. The van der Waals surface area contributed by atoms with Crippen molar-refractivity contribution in [3.05, 3.63) is 23.1 Å². The van der Waals surface area contributed by atoms with E-state index < -0.39 is 0 Å². The van der Waals surface area contributed by atoms with Crippen molar-refractivity contribution in [2.24, 2.45) is 11.5 Å². The van der Waals surface area contributed by atoms with Crippen LogP contribution in [0.4, 0.5) is 0 Å². The van der Waals surface area contributed by atoms with Crippen molar-refractivity contribution in [1.29, 1.82) is 0 Å². The Kier molecular flexibility index (Phi) is 3.29. The molecule has 0 aliphatic heterocycles. The van der Waals surface area contributed by atoms with Gasteiger partial charge in [0.15, 0.2) is 0 Å². The summed E-state index contributed by atoms with van der Waals surface area (Å²) < 4.78 is 0. The first-order chi connectivity index (χ1) is 5.65. The second-order valence-electron chi connectivity index (χ2n) is 3.45. The van der Waals surface area contributed by atoms with Crippen molar-refractivity contribution < 1.29 is 0 Å². The molecular weight excluding hydrogens is 143 g/mol. The Morgan fingerprint density at radius 1 is 1.25 bits per heavy atom. The molecule has 2 nitrogen and oxygen atoms in total. The molecule has 0 saturated carbocycles. The van der Waals surface area contributed by atoms with E-state index in [1.807, 2.05) is 0 Å². The average Bonchev–Trinajstić information content (AvgIpc) is 2.01. The summed E-state index contributed by atoms with van der Waals surface area (Å²) in [7, 11) is 6.56. The zero-order valence-corrected chi connectivity index (χ0v) is 7.88. The first kappa shape index (κ1) is 9.75. The molecule has 6 heteroatoms. The smallest absolute Gasteiger partial charge is 0.138 e. The lowest BCUT2D eigenvalue weighted by Gasteiger charge is -2.22. The van der Waals surface area contributed by atoms with Crippen LogP contribution >= 0.6 is 0 Å². The van der Waals surface area contributed by atoms with E-state index in [9.17, 15) is 0 Å². The van der Waals surface area contributed by atoms with Crippen molar-refractivity contribution in [3.8, 4) is 0 Å². The van der Waals surface area contributed by atoms with E-state index in [-0.39, 0.29) is 12.1 Å². The lowest BCUT2D eigenvalue weighted by molar-refractivity contribution is 0.696. The highest BCUT2D eigenvalue weighted by atomic mass is 14.8. The van der Waals surface area contributed by atoms with E-state index in [4.69, 9.17) is 11.5 Å². The molecule has 0 heterocycles. The second kappa shape index (κ2) is 4.06. The largest absolute Gasteiger partial charge is 0.323 e. The molecule has 0 saturated heterocycles. The maximum atomic E-state index is 5.82. The molecule has 2 unspecified atom stereocenters. The minimum Gasteiger partial charge on any atom is -0.323 e. The quantitative estimate of drug-likeness (QED) is 0.407. The van der Waals surface area contributed by atoms with Crippen LogP contribution in [0, 0.1) is 0 Å². The zero-order chi connectivity index (χ0) is 9.14. The molecule has 0 aromatic heterocycles. The van der Waals surface area contributed by atoms with E-state index in [1.54, 1.807) is 0 Å². The Morgan fingerprint density at radius 3 is 2.42 bits per heavy atom. The lowest BCUT2D eigenvalue weighted by Crippen LogP contribution is -2.41. The van der Waals surface area contributed by atoms with Gasteiger partial charge in [0.2, 0.25) is 0 Å². The minimum atomic E-state index is 0.00519. The normalized spacial score (nSPS) is 28.8. The van der Waals surface area contributed by atoms with E-state index >= 15 is 0 Å². The highest BCUT2D eigenvalue weighted by Crippen LogP contribution is 2.13. The summed E-state index contributed by atoms with van der Waals surface area (Å²) in [6.07, 6.45) is 4.17. The van der Waals surface area contributed by atoms with Gasteiger partial charge >= 0.3 is 0 Å². The van der Waals surface area contributed by atoms with Gasteiger partial charge in [-0.05, 0) is 0 Å². The molecule has 0 bridgehead atoms. The molecule has 0 fully saturated rings. The Balaban J connectivity index is 2.74. The highest BCUT2D eigenvalue weighted by Gasteiger charge is 2.15. The van der Waals surface area contributed by atoms with Gasteiger partial charge in [-0.2, -0.15) is 0 Å². The summed E-state index contributed by atoms with van der Waals surface area (Å²) in [5.74, 6) is 0. The molecule has 0 spiro atoms. The first-order valence-electron chi connectivity index (χ1n) is 4.55. The predicted molar refractivity (Wildman–Crippen MR) is 63.5 cm³/mol. The Hall–Kier alpha value is -0.340. The summed E-state index contributed by atoms with van der Waals surface area (Å²) in [6, 6.07) is 0.0147. The summed E-state index contributed by atoms with van der Waals surface area (Å²) in [5, 5.41) is 0. The van der Waals surface area contributed by atoms with Crippen LogP contribution in [0.3, 0.4) is 0 Å². The molecule has 0 radical (unpaired) electrons. The summed E-state index contributed by atoms with van der Waals surface area (Å²) in [6.45, 7) is 0. The van der Waals surface area contributed by atoms with Gasteiger partial charge in [-0.15, -0.1) is 5.47 Å². The van der Waals surface area contributed by atoms with Crippen LogP contribution in [0.25, 0.3) is 0 Å². The van der Waals surface area contributed by atoms with Crippen molar-refractivity contribution >= 4 is 29.8 Å². The zero-order valence-electron chi connectivity index (χ0n) is 7.88. The topological polar surface area (TPSA) is 52.0 Å². The predicted octanol–water partition coefficient (Wildman–Crippen LogP) is -3.61. The summed E-state index contributed by atoms with van der Waals surface area (Å²) in [5.41, 5.74) is 14.3. The van der Waals surface area contributed by atoms with Crippen molar-refractivity contribution in [2.45, 2.75) is 12.1 Å². The third-order valence-electron chi connectivity index (χ3n) is 2.31.